The van der Waals surface area contributed by atoms with E-state index in [0.29, 0.717) is 0 Å². The van der Waals surface area contributed by atoms with Gasteiger partial charge in [-0.15, -0.1) is 0 Å². The highest BCUT2D eigenvalue weighted by molar-refractivity contribution is 6.29. The molecule has 0 spiro atoms. The minimum absolute atomic E-state index is 0.0468. The fourth-order valence-electron chi connectivity index (χ4n) is 2.57. The predicted molar refractivity (Wildman–Crippen MR) is 78.0 cm³/mol. The van der Waals surface area contributed by atoms with E-state index in [1.54, 1.807) is 0 Å². The number of nitro groups is 1. The van der Waals surface area contributed by atoms with Crippen molar-refractivity contribution in [3.8, 4) is 0 Å². The lowest BCUT2D eigenvalue weighted by molar-refractivity contribution is -0.385. The van der Waals surface area contributed by atoms with Gasteiger partial charge < -0.3 is 0 Å². The van der Waals surface area contributed by atoms with Gasteiger partial charge >= 0.3 is 0 Å². The third-order valence-corrected chi connectivity index (χ3v) is 3.92. The summed E-state index contributed by atoms with van der Waals surface area (Å²) in [6.07, 6.45) is 4.06. The zero-order valence-electron chi connectivity index (χ0n) is 11.9. The Kier molecular flexibility index (Phi) is 4.74. The molecule has 0 aliphatic carbocycles. The summed E-state index contributed by atoms with van der Waals surface area (Å²) < 4.78 is 0. The molecule has 0 aromatic carbocycles. The van der Waals surface area contributed by atoms with Crippen molar-refractivity contribution >= 4 is 23.2 Å². The van der Waals surface area contributed by atoms with Crippen LogP contribution in [0.3, 0.4) is 0 Å². The van der Waals surface area contributed by atoms with Gasteiger partial charge in [0.2, 0.25) is 0 Å². The Bertz CT molecular complexity index is 556. The molecule has 7 nitrogen and oxygen atoms in total. The summed E-state index contributed by atoms with van der Waals surface area (Å²) in [5, 5.41) is 12.9. The van der Waals surface area contributed by atoms with Crippen molar-refractivity contribution in [3.63, 3.8) is 0 Å². The number of rotatable bonds is 3. The van der Waals surface area contributed by atoms with Crippen molar-refractivity contribution < 1.29 is 9.72 Å². The first-order chi connectivity index (χ1) is 9.90. The number of halogens is 1. The number of hydrogen-bond donors (Lipinski definition) is 1. The number of carbonyl (C=O) groups excluding carboxylic acids is 1. The van der Waals surface area contributed by atoms with E-state index in [1.807, 2.05) is 18.9 Å². The van der Waals surface area contributed by atoms with Crippen LogP contribution in [-0.2, 0) is 0 Å². The molecule has 1 aromatic rings. The molecule has 1 fully saturated rings. The van der Waals surface area contributed by atoms with Crippen molar-refractivity contribution in [1.82, 2.24) is 15.4 Å². The SMILES string of the molecule is CC1CCCC(C)N1NC(=O)c1cc(Cl)ncc1[N+](=O)[O-]. The Morgan fingerprint density at radius 1 is 1.48 bits per heavy atom. The predicted octanol–water partition coefficient (Wildman–Crippen LogP) is 2.55. The molecule has 114 valence electrons. The molecule has 2 heterocycles. The molecular formula is C13H17ClN4O3. The Morgan fingerprint density at radius 2 is 2.10 bits per heavy atom. The molecule has 0 radical (unpaired) electrons. The van der Waals surface area contributed by atoms with Gasteiger partial charge in [-0.25, -0.2) is 9.99 Å². The van der Waals surface area contributed by atoms with Crippen molar-refractivity contribution in [1.29, 1.82) is 0 Å². The highest BCUT2D eigenvalue weighted by Gasteiger charge is 2.29. The molecule has 0 bridgehead atoms. The number of hydrogen-bond acceptors (Lipinski definition) is 5. The van der Waals surface area contributed by atoms with Crippen LogP contribution < -0.4 is 5.43 Å². The van der Waals surface area contributed by atoms with Gasteiger partial charge in [-0.3, -0.25) is 20.3 Å². The molecule has 1 amide bonds. The number of piperidine rings is 1. The number of nitrogens with zero attached hydrogens (tertiary/aromatic N) is 3. The zero-order valence-corrected chi connectivity index (χ0v) is 12.6. The van der Waals surface area contributed by atoms with Gasteiger partial charge in [-0.1, -0.05) is 18.0 Å². The highest BCUT2D eigenvalue weighted by atomic mass is 35.5. The molecule has 1 N–H and O–H groups in total. The lowest BCUT2D eigenvalue weighted by atomic mass is 10.00. The first-order valence-corrected chi connectivity index (χ1v) is 7.17. The molecular weight excluding hydrogens is 296 g/mol. The van der Waals surface area contributed by atoms with Gasteiger partial charge in [0.05, 0.1) is 4.92 Å². The highest BCUT2D eigenvalue weighted by Crippen LogP contribution is 2.23. The largest absolute Gasteiger partial charge is 0.300 e. The standard InChI is InChI=1S/C13H17ClN4O3/c1-8-4-3-5-9(2)17(8)16-13(19)10-6-12(14)15-7-11(10)18(20)21/h6-9H,3-5H2,1-2H3,(H,16,19). The van der Waals surface area contributed by atoms with Crippen LogP contribution in [0.25, 0.3) is 0 Å². The maximum atomic E-state index is 12.3. The van der Waals surface area contributed by atoms with Crippen molar-refractivity contribution in [2.75, 3.05) is 0 Å². The van der Waals surface area contributed by atoms with E-state index in [-0.39, 0.29) is 28.5 Å². The second-order valence-electron chi connectivity index (χ2n) is 5.26. The average molecular weight is 313 g/mol. The molecule has 8 heteroatoms. The number of aromatic nitrogens is 1. The van der Waals surface area contributed by atoms with Gasteiger partial charge in [0.1, 0.15) is 16.9 Å². The summed E-state index contributed by atoms with van der Waals surface area (Å²) in [6.45, 7) is 4.04. The second kappa shape index (κ2) is 6.36. The Morgan fingerprint density at radius 3 is 2.67 bits per heavy atom. The smallest absolute Gasteiger partial charge is 0.284 e. The fourth-order valence-corrected chi connectivity index (χ4v) is 2.73. The average Bonchev–Trinajstić information content (AvgIpc) is 2.42. The van der Waals surface area contributed by atoms with E-state index in [4.69, 9.17) is 11.6 Å². The summed E-state index contributed by atoms with van der Waals surface area (Å²) in [7, 11) is 0. The topological polar surface area (TPSA) is 88.4 Å². The van der Waals surface area contributed by atoms with Crippen LogP contribution in [0.1, 0.15) is 43.5 Å². The Labute approximate surface area is 127 Å². The molecule has 1 aliphatic rings. The quantitative estimate of drug-likeness (QED) is 0.526. The third-order valence-electron chi connectivity index (χ3n) is 3.72. The fraction of sp³-hybridized carbons (Fsp3) is 0.538. The van der Waals surface area contributed by atoms with E-state index in [1.165, 1.54) is 6.07 Å². The van der Waals surface area contributed by atoms with E-state index >= 15 is 0 Å². The minimum atomic E-state index is -0.638. The van der Waals surface area contributed by atoms with Crippen LogP contribution in [0.2, 0.25) is 5.15 Å². The Balaban J connectivity index is 2.24. The van der Waals surface area contributed by atoms with Crippen LogP contribution >= 0.6 is 11.6 Å². The van der Waals surface area contributed by atoms with Crippen LogP contribution in [0, 0.1) is 10.1 Å². The summed E-state index contributed by atoms with van der Waals surface area (Å²) >= 11 is 5.74. The molecule has 1 aromatic heterocycles. The lowest BCUT2D eigenvalue weighted by Crippen LogP contribution is -2.54. The molecule has 2 atom stereocenters. The van der Waals surface area contributed by atoms with Gasteiger partial charge in [0.25, 0.3) is 11.6 Å². The monoisotopic (exact) mass is 312 g/mol. The summed E-state index contributed by atoms with van der Waals surface area (Å²) in [5.41, 5.74) is 2.33. The Hall–Kier alpha value is -1.73. The lowest BCUT2D eigenvalue weighted by Gasteiger charge is -2.38. The number of amides is 1. The minimum Gasteiger partial charge on any atom is -0.284 e. The zero-order chi connectivity index (χ0) is 15.6. The molecule has 2 unspecified atom stereocenters. The van der Waals surface area contributed by atoms with Gasteiger partial charge in [0.15, 0.2) is 0 Å². The number of nitrogens with one attached hydrogen (secondary N) is 1. The van der Waals surface area contributed by atoms with Crippen LogP contribution in [0.4, 0.5) is 5.69 Å². The van der Waals surface area contributed by atoms with E-state index in [9.17, 15) is 14.9 Å². The molecule has 0 saturated carbocycles. The van der Waals surface area contributed by atoms with Crippen LogP contribution in [-0.4, -0.2) is 32.9 Å². The number of pyridine rings is 1. The van der Waals surface area contributed by atoms with Crippen molar-refractivity contribution in [3.05, 3.63) is 33.1 Å². The van der Waals surface area contributed by atoms with Crippen LogP contribution in [0.15, 0.2) is 12.3 Å². The molecule has 2 rings (SSSR count). The van der Waals surface area contributed by atoms with Crippen LogP contribution in [0.5, 0.6) is 0 Å². The first-order valence-electron chi connectivity index (χ1n) is 6.79. The first kappa shape index (κ1) is 15.7. The number of hydrazine groups is 1. The van der Waals surface area contributed by atoms with Gasteiger partial charge in [-0.2, -0.15) is 0 Å². The molecule has 1 saturated heterocycles. The van der Waals surface area contributed by atoms with E-state index in [0.717, 1.165) is 25.5 Å². The van der Waals surface area contributed by atoms with Crippen molar-refractivity contribution in [2.24, 2.45) is 0 Å². The summed E-state index contributed by atoms with van der Waals surface area (Å²) in [6, 6.07) is 1.59. The molecule has 21 heavy (non-hydrogen) atoms. The second-order valence-corrected chi connectivity index (χ2v) is 5.65. The number of carbonyl (C=O) groups is 1. The third kappa shape index (κ3) is 3.48. The normalized spacial score (nSPS) is 22.8. The maximum Gasteiger partial charge on any atom is 0.300 e. The van der Waals surface area contributed by atoms with Crippen molar-refractivity contribution in [2.45, 2.75) is 45.2 Å². The van der Waals surface area contributed by atoms with Gasteiger partial charge in [0, 0.05) is 12.1 Å². The maximum absolute atomic E-state index is 12.3. The van der Waals surface area contributed by atoms with Gasteiger partial charge in [-0.05, 0) is 32.8 Å². The summed E-state index contributed by atoms with van der Waals surface area (Å²) in [4.78, 5) is 26.3. The van der Waals surface area contributed by atoms with E-state index in [2.05, 4.69) is 10.4 Å². The summed E-state index contributed by atoms with van der Waals surface area (Å²) in [5.74, 6) is -0.536. The molecule has 1 aliphatic heterocycles. The van der Waals surface area contributed by atoms with E-state index < -0.39 is 10.8 Å².